The number of carbonyl (C=O) groups excluding carboxylic acids is 1. The summed E-state index contributed by atoms with van der Waals surface area (Å²) in [6.45, 7) is 3.70. The van der Waals surface area contributed by atoms with Gasteiger partial charge in [-0.25, -0.2) is 9.59 Å². The van der Waals surface area contributed by atoms with Gasteiger partial charge in [0, 0.05) is 19.6 Å². The molecule has 0 bridgehead atoms. The normalized spacial score (nSPS) is 21.2. The molecule has 0 radical (unpaired) electrons. The van der Waals surface area contributed by atoms with Crippen LogP contribution in [0.5, 0.6) is 5.75 Å². The number of carboxylic acid groups (broad SMARTS) is 1. The largest absolute Gasteiger partial charge is 0.482 e. The van der Waals surface area contributed by atoms with Gasteiger partial charge in [0.25, 0.3) is 0 Å². The molecule has 140 valence electrons. The van der Waals surface area contributed by atoms with Gasteiger partial charge in [0.2, 0.25) is 0 Å². The highest BCUT2D eigenvalue weighted by Gasteiger charge is 2.32. The van der Waals surface area contributed by atoms with Crippen LogP contribution >= 0.6 is 0 Å². The monoisotopic (exact) mass is 363 g/mol. The van der Waals surface area contributed by atoms with Crippen LogP contribution in [-0.2, 0) is 14.3 Å². The van der Waals surface area contributed by atoms with E-state index in [9.17, 15) is 9.59 Å². The maximum Gasteiger partial charge on any atom is 0.430 e. The Hall–Kier alpha value is -2.65. The zero-order valence-corrected chi connectivity index (χ0v) is 14.2. The minimum absolute atomic E-state index is 0.219. The SMILES string of the molecule is O=C(O)COc1cccc(/C=N/N2CC(CN3CCOCC3)OC2=O)c1. The second-order valence-electron chi connectivity index (χ2n) is 6.00. The second-order valence-corrected chi connectivity index (χ2v) is 6.00. The topological polar surface area (TPSA) is 101 Å². The summed E-state index contributed by atoms with van der Waals surface area (Å²) >= 11 is 0. The van der Waals surface area contributed by atoms with E-state index in [1.54, 1.807) is 24.3 Å². The number of cyclic esters (lactones) is 1. The molecule has 1 unspecified atom stereocenters. The Morgan fingerprint density at radius 3 is 2.96 bits per heavy atom. The number of carboxylic acids is 1. The lowest BCUT2D eigenvalue weighted by Crippen LogP contribution is -2.41. The van der Waals surface area contributed by atoms with E-state index in [4.69, 9.17) is 19.3 Å². The van der Waals surface area contributed by atoms with E-state index >= 15 is 0 Å². The Bertz CT molecular complexity index is 674. The van der Waals surface area contributed by atoms with Gasteiger partial charge in [-0.05, 0) is 17.7 Å². The van der Waals surface area contributed by atoms with E-state index in [-0.39, 0.29) is 6.10 Å². The van der Waals surface area contributed by atoms with Crippen molar-refractivity contribution >= 4 is 18.3 Å². The van der Waals surface area contributed by atoms with E-state index in [0.29, 0.717) is 37.6 Å². The van der Waals surface area contributed by atoms with E-state index in [1.807, 2.05) is 0 Å². The smallest absolute Gasteiger partial charge is 0.430 e. The fourth-order valence-corrected chi connectivity index (χ4v) is 2.74. The lowest BCUT2D eigenvalue weighted by atomic mass is 10.2. The van der Waals surface area contributed by atoms with E-state index in [2.05, 4.69) is 10.0 Å². The van der Waals surface area contributed by atoms with Crippen LogP contribution in [0, 0.1) is 0 Å². The summed E-state index contributed by atoms with van der Waals surface area (Å²) < 4.78 is 15.8. The number of aliphatic carboxylic acids is 1. The van der Waals surface area contributed by atoms with Gasteiger partial charge < -0.3 is 19.3 Å². The van der Waals surface area contributed by atoms with Crippen LogP contribution in [0.4, 0.5) is 4.79 Å². The number of amides is 1. The maximum atomic E-state index is 11.9. The van der Waals surface area contributed by atoms with Crippen LogP contribution in [0.2, 0.25) is 0 Å². The molecular weight excluding hydrogens is 342 g/mol. The minimum Gasteiger partial charge on any atom is -0.482 e. The number of carbonyl (C=O) groups is 2. The summed E-state index contributed by atoms with van der Waals surface area (Å²) in [4.78, 5) is 24.7. The third-order valence-electron chi connectivity index (χ3n) is 3.99. The summed E-state index contributed by atoms with van der Waals surface area (Å²) in [6.07, 6.45) is 0.826. The predicted octanol–water partition coefficient (Wildman–Crippen LogP) is 0.637. The van der Waals surface area contributed by atoms with Crippen LogP contribution in [0.15, 0.2) is 29.4 Å². The standard InChI is InChI=1S/C17H21N3O6/c21-16(22)12-25-14-3-1-2-13(8-14)9-18-20-11-15(26-17(20)23)10-19-4-6-24-7-5-19/h1-3,8-9,15H,4-7,10-12H2,(H,21,22)/b18-9+. The van der Waals surface area contributed by atoms with Gasteiger partial charge >= 0.3 is 12.1 Å². The molecule has 1 atom stereocenters. The molecule has 1 aromatic rings. The van der Waals surface area contributed by atoms with E-state index in [0.717, 1.165) is 13.1 Å². The number of morpholine rings is 1. The highest BCUT2D eigenvalue weighted by Crippen LogP contribution is 2.15. The minimum atomic E-state index is -1.05. The number of hydrogen-bond donors (Lipinski definition) is 1. The predicted molar refractivity (Wildman–Crippen MR) is 91.4 cm³/mol. The average molecular weight is 363 g/mol. The Morgan fingerprint density at radius 1 is 1.38 bits per heavy atom. The molecule has 9 nitrogen and oxygen atoms in total. The lowest BCUT2D eigenvalue weighted by molar-refractivity contribution is -0.139. The molecule has 0 spiro atoms. The zero-order valence-electron chi connectivity index (χ0n) is 14.2. The van der Waals surface area contributed by atoms with Crippen molar-refractivity contribution in [3.63, 3.8) is 0 Å². The van der Waals surface area contributed by atoms with Crippen LogP contribution in [-0.4, -0.2) is 85.4 Å². The van der Waals surface area contributed by atoms with Crippen LogP contribution < -0.4 is 4.74 Å². The third-order valence-corrected chi connectivity index (χ3v) is 3.99. The van der Waals surface area contributed by atoms with Crippen molar-refractivity contribution in [1.29, 1.82) is 0 Å². The molecule has 1 amide bonds. The fourth-order valence-electron chi connectivity index (χ4n) is 2.74. The number of hydrogen-bond acceptors (Lipinski definition) is 7. The van der Waals surface area contributed by atoms with Gasteiger partial charge in [0.15, 0.2) is 6.61 Å². The molecule has 1 N–H and O–H groups in total. The Labute approximate surface area is 150 Å². The molecule has 3 rings (SSSR count). The highest BCUT2D eigenvalue weighted by molar-refractivity contribution is 5.81. The molecular formula is C17H21N3O6. The molecule has 2 fully saturated rings. The quantitative estimate of drug-likeness (QED) is 0.709. The van der Waals surface area contributed by atoms with Crippen molar-refractivity contribution in [3.8, 4) is 5.75 Å². The van der Waals surface area contributed by atoms with Crippen molar-refractivity contribution in [1.82, 2.24) is 9.91 Å². The highest BCUT2D eigenvalue weighted by atomic mass is 16.6. The molecule has 0 aliphatic carbocycles. The first-order valence-electron chi connectivity index (χ1n) is 8.37. The Morgan fingerprint density at radius 2 is 2.19 bits per heavy atom. The van der Waals surface area contributed by atoms with Crippen LogP contribution in [0.3, 0.4) is 0 Å². The van der Waals surface area contributed by atoms with E-state index < -0.39 is 18.7 Å². The van der Waals surface area contributed by atoms with Crippen molar-refractivity contribution < 1.29 is 28.9 Å². The number of benzene rings is 1. The molecule has 0 saturated carbocycles. The number of ether oxygens (including phenoxy) is 3. The lowest BCUT2D eigenvalue weighted by Gasteiger charge is -2.27. The molecule has 2 heterocycles. The van der Waals surface area contributed by atoms with Gasteiger partial charge in [-0.3, -0.25) is 4.90 Å². The molecule has 26 heavy (non-hydrogen) atoms. The van der Waals surface area contributed by atoms with Crippen molar-refractivity contribution in [2.45, 2.75) is 6.10 Å². The van der Waals surface area contributed by atoms with Crippen LogP contribution in [0.25, 0.3) is 0 Å². The van der Waals surface area contributed by atoms with Gasteiger partial charge in [0.1, 0.15) is 11.9 Å². The summed E-state index contributed by atoms with van der Waals surface area (Å²) in [6, 6.07) is 6.81. The average Bonchev–Trinajstić information content (AvgIpc) is 2.98. The van der Waals surface area contributed by atoms with Crippen molar-refractivity contribution in [2.75, 3.05) is 46.0 Å². The Balaban J connectivity index is 1.53. The first-order valence-corrected chi connectivity index (χ1v) is 8.37. The number of rotatable bonds is 7. The van der Waals surface area contributed by atoms with Crippen LogP contribution in [0.1, 0.15) is 5.56 Å². The van der Waals surface area contributed by atoms with Gasteiger partial charge in [-0.2, -0.15) is 10.1 Å². The van der Waals surface area contributed by atoms with Gasteiger partial charge in [-0.15, -0.1) is 0 Å². The molecule has 0 aromatic heterocycles. The third kappa shape index (κ3) is 5.17. The fraction of sp³-hybridized carbons (Fsp3) is 0.471. The molecule has 1 aromatic carbocycles. The summed E-state index contributed by atoms with van der Waals surface area (Å²) in [5.41, 5.74) is 0.692. The van der Waals surface area contributed by atoms with Gasteiger partial charge in [-0.1, -0.05) is 12.1 Å². The molecule has 2 saturated heterocycles. The van der Waals surface area contributed by atoms with Crippen molar-refractivity contribution in [3.05, 3.63) is 29.8 Å². The second kappa shape index (κ2) is 8.63. The summed E-state index contributed by atoms with van der Waals surface area (Å²) in [5, 5.41) is 14.1. The molecule has 2 aliphatic rings. The van der Waals surface area contributed by atoms with E-state index in [1.165, 1.54) is 11.2 Å². The molecule has 2 aliphatic heterocycles. The first-order chi connectivity index (χ1) is 12.6. The first kappa shape index (κ1) is 18.2. The summed E-state index contributed by atoms with van der Waals surface area (Å²) in [7, 11) is 0. The maximum absolute atomic E-state index is 11.9. The van der Waals surface area contributed by atoms with Gasteiger partial charge in [0.05, 0.1) is 26.0 Å². The number of nitrogens with zero attached hydrogens (tertiary/aromatic N) is 3. The number of hydrazone groups is 1. The zero-order chi connectivity index (χ0) is 18.4. The molecule has 9 heteroatoms. The summed E-state index contributed by atoms with van der Waals surface area (Å²) in [5.74, 6) is -0.624. The Kier molecular flexibility index (Phi) is 6.03. The van der Waals surface area contributed by atoms with Crippen molar-refractivity contribution in [2.24, 2.45) is 5.10 Å².